The molecule has 1 fully saturated rings. The Morgan fingerprint density at radius 2 is 2.08 bits per heavy atom. The largest absolute Gasteiger partial charge is 0.384 e. The fourth-order valence-corrected chi connectivity index (χ4v) is 2.21. The third-order valence-corrected chi connectivity index (χ3v) is 3.61. The molecular weight excluding hydrogens is 182 g/mol. The molecule has 1 heterocycles. The Balaban J connectivity index is 2.29. The summed E-state index contributed by atoms with van der Waals surface area (Å²) < 4.78 is 0. The molecule has 0 aliphatic heterocycles. The first-order chi connectivity index (χ1) is 5.92. The van der Waals surface area contributed by atoms with E-state index in [1.165, 1.54) is 0 Å². The molecule has 0 unspecified atom stereocenters. The van der Waals surface area contributed by atoms with Crippen molar-refractivity contribution in [2.75, 3.05) is 0 Å². The zero-order chi connectivity index (χ0) is 9.69. The van der Waals surface area contributed by atoms with Gasteiger partial charge in [-0.2, -0.15) is 0 Å². The maximum Gasteiger partial charge on any atom is 0.108 e. The summed E-state index contributed by atoms with van der Waals surface area (Å²) in [6.45, 7) is 6.44. The summed E-state index contributed by atoms with van der Waals surface area (Å²) in [4.78, 5) is 4.48. The van der Waals surface area contributed by atoms with Gasteiger partial charge in [-0.25, -0.2) is 4.98 Å². The molecule has 72 valence electrons. The second kappa shape index (κ2) is 2.55. The van der Waals surface area contributed by atoms with Crippen molar-refractivity contribution < 1.29 is 5.11 Å². The molecule has 1 N–H and O–H groups in total. The minimum Gasteiger partial charge on any atom is -0.384 e. The topological polar surface area (TPSA) is 33.1 Å². The first kappa shape index (κ1) is 9.16. The number of hydrogen-bond acceptors (Lipinski definition) is 3. The molecule has 1 saturated carbocycles. The van der Waals surface area contributed by atoms with Gasteiger partial charge < -0.3 is 5.11 Å². The second-order valence-electron chi connectivity index (χ2n) is 4.82. The minimum atomic E-state index is -0.569. The lowest BCUT2D eigenvalue weighted by Gasteiger charge is -2.13. The Labute approximate surface area is 82.6 Å². The maximum absolute atomic E-state index is 9.82. The Morgan fingerprint density at radius 1 is 1.46 bits per heavy atom. The van der Waals surface area contributed by atoms with Crippen LogP contribution in [0.15, 0.2) is 5.38 Å². The highest BCUT2D eigenvalue weighted by Gasteiger charge is 2.44. The van der Waals surface area contributed by atoms with Crippen molar-refractivity contribution in [3.8, 4) is 0 Å². The lowest BCUT2D eigenvalue weighted by atomic mass is 9.98. The van der Waals surface area contributed by atoms with Gasteiger partial charge in [-0.3, -0.25) is 0 Å². The summed E-state index contributed by atoms with van der Waals surface area (Å²) in [5, 5.41) is 12.9. The van der Waals surface area contributed by atoms with Gasteiger partial charge in [0.2, 0.25) is 0 Å². The van der Waals surface area contributed by atoms with E-state index in [9.17, 15) is 5.11 Å². The van der Waals surface area contributed by atoms with Crippen LogP contribution < -0.4 is 0 Å². The van der Waals surface area contributed by atoms with Gasteiger partial charge in [0.25, 0.3) is 0 Å². The van der Waals surface area contributed by atoms with Crippen LogP contribution in [-0.2, 0) is 11.0 Å². The zero-order valence-corrected chi connectivity index (χ0v) is 9.11. The standard InChI is InChI=1S/C10H15NOS/c1-9(2,3)8-11-7(6-13-8)10(12)4-5-10/h6,12H,4-5H2,1-3H3. The Kier molecular flexibility index (Phi) is 1.79. The normalized spacial score (nSPS) is 20.3. The zero-order valence-electron chi connectivity index (χ0n) is 8.29. The summed E-state index contributed by atoms with van der Waals surface area (Å²) in [7, 11) is 0. The van der Waals surface area contributed by atoms with E-state index in [-0.39, 0.29) is 5.41 Å². The fraction of sp³-hybridized carbons (Fsp3) is 0.700. The summed E-state index contributed by atoms with van der Waals surface area (Å²) in [6.07, 6.45) is 1.75. The van der Waals surface area contributed by atoms with E-state index in [4.69, 9.17) is 0 Å². The average Bonchev–Trinajstić information content (AvgIpc) is 2.60. The third-order valence-electron chi connectivity index (χ3n) is 2.35. The first-order valence-electron chi connectivity index (χ1n) is 4.61. The van der Waals surface area contributed by atoms with Crippen LogP contribution in [0, 0.1) is 0 Å². The molecule has 0 bridgehead atoms. The molecule has 0 atom stereocenters. The second-order valence-corrected chi connectivity index (χ2v) is 5.68. The van der Waals surface area contributed by atoms with E-state index in [1.54, 1.807) is 11.3 Å². The number of aliphatic hydroxyl groups is 1. The van der Waals surface area contributed by atoms with Crippen LogP contribution in [0.2, 0.25) is 0 Å². The number of rotatable bonds is 1. The SMILES string of the molecule is CC(C)(C)c1nc(C2(O)CC2)cs1. The van der Waals surface area contributed by atoms with Gasteiger partial charge in [0.15, 0.2) is 0 Å². The molecule has 3 heteroatoms. The highest BCUT2D eigenvalue weighted by molar-refractivity contribution is 7.09. The van der Waals surface area contributed by atoms with Crippen molar-refractivity contribution in [2.45, 2.75) is 44.6 Å². The van der Waals surface area contributed by atoms with Gasteiger partial charge >= 0.3 is 0 Å². The molecular formula is C10H15NOS. The molecule has 0 radical (unpaired) electrons. The molecule has 13 heavy (non-hydrogen) atoms. The van der Waals surface area contributed by atoms with E-state index in [1.807, 2.05) is 5.38 Å². The van der Waals surface area contributed by atoms with E-state index in [0.29, 0.717) is 0 Å². The van der Waals surface area contributed by atoms with Crippen LogP contribution in [-0.4, -0.2) is 10.1 Å². The molecule has 1 aliphatic carbocycles. The lowest BCUT2D eigenvalue weighted by Crippen LogP contribution is -2.12. The average molecular weight is 197 g/mol. The minimum absolute atomic E-state index is 0.105. The highest BCUT2D eigenvalue weighted by Crippen LogP contribution is 2.46. The molecule has 2 rings (SSSR count). The highest BCUT2D eigenvalue weighted by atomic mass is 32.1. The number of nitrogens with zero attached hydrogens (tertiary/aromatic N) is 1. The van der Waals surface area contributed by atoms with E-state index in [0.717, 1.165) is 23.5 Å². The summed E-state index contributed by atoms with van der Waals surface area (Å²) in [6, 6.07) is 0. The van der Waals surface area contributed by atoms with Crippen molar-refractivity contribution in [2.24, 2.45) is 0 Å². The van der Waals surface area contributed by atoms with Crippen molar-refractivity contribution >= 4 is 11.3 Å². The van der Waals surface area contributed by atoms with Crippen LogP contribution >= 0.6 is 11.3 Å². The molecule has 1 aliphatic rings. The van der Waals surface area contributed by atoms with E-state index in [2.05, 4.69) is 25.8 Å². The van der Waals surface area contributed by atoms with Gasteiger partial charge in [-0.1, -0.05) is 20.8 Å². The van der Waals surface area contributed by atoms with Crippen molar-refractivity contribution in [1.82, 2.24) is 4.98 Å². The Hall–Kier alpha value is -0.410. The monoisotopic (exact) mass is 197 g/mol. The summed E-state index contributed by atoms with van der Waals surface area (Å²) in [5.41, 5.74) is 0.413. The van der Waals surface area contributed by atoms with Crippen LogP contribution in [0.5, 0.6) is 0 Å². The first-order valence-corrected chi connectivity index (χ1v) is 5.49. The third kappa shape index (κ3) is 1.63. The van der Waals surface area contributed by atoms with Crippen molar-refractivity contribution in [1.29, 1.82) is 0 Å². The molecule has 0 amide bonds. The molecule has 2 nitrogen and oxygen atoms in total. The number of thiazole rings is 1. The maximum atomic E-state index is 9.82. The number of aromatic nitrogens is 1. The van der Waals surface area contributed by atoms with Crippen molar-refractivity contribution in [3.05, 3.63) is 16.1 Å². The number of hydrogen-bond donors (Lipinski definition) is 1. The molecule has 0 saturated heterocycles. The van der Waals surface area contributed by atoms with E-state index >= 15 is 0 Å². The molecule has 1 aromatic rings. The fourth-order valence-electron chi connectivity index (χ4n) is 1.21. The molecule has 1 aromatic heterocycles. The van der Waals surface area contributed by atoms with Crippen LogP contribution in [0.4, 0.5) is 0 Å². The van der Waals surface area contributed by atoms with Gasteiger partial charge in [-0.05, 0) is 12.8 Å². The Bertz CT molecular complexity index is 300. The Morgan fingerprint density at radius 3 is 2.46 bits per heavy atom. The van der Waals surface area contributed by atoms with Crippen LogP contribution in [0.25, 0.3) is 0 Å². The predicted molar refractivity (Wildman–Crippen MR) is 53.9 cm³/mol. The predicted octanol–water partition coefficient (Wildman–Crippen LogP) is 2.42. The van der Waals surface area contributed by atoms with Gasteiger partial charge in [0.05, 0.1) is 10.7 Å². The molecule has 0 spiro atoms. The van der Waals surface area contributed by atoms with Gasteiger partial charge in [-0.15, -0.1) is 11.3 Å². The smallest absolute Gasteiger partial charge is 0.108 e. The van der Waals surface area contributed by atoms with Crippen molar-refractivity contribution in [3.63, 3.8) is 0 Å². The van der Waals surface area contributed by atoms with Crippen LogP contribution in [0.1, 0.15) is 44.3 Å². The lowest BCUT2D eigenvalue weighted by molar-refractivity contribution is 0.147. The quantitative estimate of drug-likeness (QED) is 0.750. The van der Waals surface area contributed by atoms with Crippen LogP contribution in [0.3, 0.4) is 0 Å². The summed E-state index contributed by atoms with van der Waals surface area (Å²) in [5.74, 6) is 0. The van der Waals surface area contributed by atoms with E-state index < -0.39 is 5.60 Å². The van der Waals surface area contributed by atoms with Gasteiger partial charge in [0.1, 0.15) is 5.60 Å². The molecule has 0 aromatic carbocycles. The van der Waals surface area contributed by atoms with Gasteiger partial charge in [0, 0.05) is 10.8 Å². The summed E-state index contributed by atoms with van der Waals surface area (Å²) >= 11 is 1.65.